The van der Waals surface area contributed by atoms with Gasteiger partial charge in [-0.15, -0.1) is 0 Å². The van der Waals surface area contributed by atoms with Gasteiger partial charge in [-0.1, -0.05) is 12.1 Å². The average Bonchev–Trinajstić information content (AvgIpc) is 2.71. The normalized spacial score (nSPS) is 24.4. The minimum atomic E-state index is -0.856. The Morgan fingerprint density at radius 3 is 2.83 bits per heavy atom. The third-order valence-corrected chi connectivity index (χ3v) is 3.84. The SMILES string of the molecule is Cc1ccc(C2CC(CN)CN2C)cc1C(=O)O. The highest BCUT2D eigenvalue weighted by Gasteiger charge is 2.30. The lowest BCUT2D eigenvalue weighted by molar-refractivity contribution is 0.0696. The zero-order chi connectivity index (χ0) is 13.3. The molecule has 0 aromatic heterocycles. The van der Waals surface area contributed by atoms with Gasteiger partial charge in [-0.05, 0) is 50.0 Å². The third-order valence-electron chi connectivity index (χ3n) is 3.84. The van der Waals surface area contributed by atoms with Gasteiger partial charge in [0.05, 0.1) is 5.56 Å². The number of nitrogens with two attached hydrogens (primary N) is 1. The second-order valence-corrected chi connectivity index (χ2v) is 5.17. The Balaban J connectivity index is 2.29. The van der Waals surface area contributed by atoms with Crippen molar-refractivity contribution in [3.05, 3.63) is 34.9 Å². The molecule has 1 aliphatic heterocycles. The highest BCUT2D eigenvalue weighted by atomic mass is 16.4. The number of benzene rings is 1. The van der Waals surface area contributed by atoms with Crippen molar-refractivity contribution in [1.82, 2.24) is 4.90 Å². The number of aromatic carboxylic acids is 1. The van der Waals surface area contributed by atoms with E-state index in [1.165, 1.54) is 0 Å². The molecule has 1 heterocycles. The number of hydrogen-bond donors (Lipinski definition) is 2. The number of carboxylic acids is 1. The number of aryl methyl sites for hydroxylation is 1. The molecule has 0 aliphatic carbocycles. The molecular weight excluding hydrogens is 228 g/mol. The zero-order valence-electron chi connectivity index (χ0n) is 10.9. The fourth-order valence-corrected chi connectivity index (χ4v) is 2.74. The van der Waals surface area contributed by atoms with Crippen LogP contribution in [0.1, 0.15) is 33.9 Å². The largest absolute Gasteiger partial charge is 0.478 e. The maximum absolute atomic E-state index is 11.2. The average molecular weight is 248 g/mol. The summed E-state index contributed by atoms with van der Waals surface area (Å²) in [5.74, 6) is -0.347. The standard InChI is InChI=1S/C14H20N2O2/c1-9-3-4-11(6-12(9)14(17)18)13-5-10(7-15)8-16(13)2/h3-4,6,10,13H,5,7-8,15H2,1-2H3,(H,17,18). The molecule has 4 heteroatoms. The predicted octanol–water partition coefficient (Wildman–Crippen LogP) is 1.64. The molecule has 1 aromatic carbocycles. The Kier molecular flexibility index (Phi) is 3.68. The molecular formula is C14H20N2O2. The van der Waals surface area contributed by atoms with E-state index in [0.717, 1.165) is 24.1 Å². The predicted molar refractivity (Wildman–Crippen MR) is 70.7 cm³/mol. The fourth-order valence-electron chi connectivity index (χ4n) is 2.74. The van der Waals surface area contributed by atoms with Crippen molar-refractivity contribution in [3.8, 4) is 0 Å². The van der Waals surface area contributed by atoms with Gasteiger partial charge >= 0.3 is 5.97 Å². The van der Waals surface area contributed by atoms with Crippen LogP contribution >= 0.6 is 0 Å². The summed E-state index contributed by atoms with van der Waals surface area (Å²) < 4.78 is 0. The smallest absolute Gasteiger partial charge is 0.335 e. The lowest BCUT2D eigenvalue weighted by atomic mass is 9.96. The van der Waals surface area contributed by atoms with E-state index in [2.05, 4.69) is 11.9 Å². The van der Waals surface area contributed by atoms with Gasteiger partial charge in [-0.3, -0.25) is 4.90 Å². The first-order valence-corrected chi connectivity index (χ1v) is 6.27. The van der Waals surface area contributed by atoms with Crippen LogP contribution in [0.15, 0.2) is 18.2 Å². The number of carboxylic acid groups (broad SMARTS) is 1. The number of hydrogen-bond acceptors (Lipinski definition) is 3. The topological polar surface area (TPSA) is 66.6 Å². The van der Waals surface area contributed by atoms with Crippen molar-refractivity contribution in [2.24, 2.45) is 11.7 Å². The van der Waals surface area contributed by atoms with E-state index in [4.69, 9.17) is 10.8 Å². The monoisotopic (exact) mass is 248 g/mol. The van der Waals surface area contributed by atoms with Gasteiger partial charge in [0, 0.05) is 12.6 Å². The summed E-state index contributed by atoms with van der Waals surface area (Å²) in [5.41, 5.74) is 8.01. The van der Waals surface area contributed by atoms with Gasteiger partial charge in [0.2, 0.25) is 0 Å². The van der Waals surface area contributed by atoms with Crippen LogP contribution in [-0.4, -0.2) is 36.1 Å². The van der Waals surface area contributed by atoms with Crippen molar-refractivity contribution >= 4 is 5.97 Å². The molecule has 0 spiro atoms. The second-order valence-electron chi connectivity index (χ2n) is 5.17. The molecule has 2 atom stereocenters. The molecule has 98 valence electrons. The second kappa shape index (κ2) is 5.08. The quantitative estimate of drug-likeness (QED) is 0.853. The van der Waals surface area contributed by atoms with Gasteiger partial charge in [-0.2, -0.15) is 0 Å². The molecule has 4 nitrogen and oxygen atoms in total. The number of likely N-dealkylation sites (tertiary alicyclic amines) is 1. The van der Waals surface area contributed by atoms with Crippen molar-refractivity contribution in [3.63, 3.8) is 0 Å². The Bertz CT molecular complexity index is 459. The summed E-state index contributed by atoms with van der Waals surface area (Å²) in [4.78, 5) is 13.4. The zero-order valence-corrected chi connectivity index (χ0v) is 10.9. The molecule has 1 saturated heterocycles. The van der Waals surface area contributed by atoms with Crippen LogP contribution in [0.25, 0.3) is 0 Å². The van der Waals surface area contributed by atoms with Gasteiger partial charge in [0.1, 0.15) is 0 Å². The maximum Gasteiger partial charge on any atom is 0.335 e. The van der Waals surface area contributed by atoms with Crippen LogP contribution < -0.4 is 5.73 Å². The van der Waals surface area contributed by atoms with Crippen LogP contribution in [0.2, 0.25) is 0 Å². The molecule has 1 aromatic rings. The van der Waals surface area contributed by atoms with Crippen molar-refractivity contribution in [2.45, 2.75) is 19.4 Å². The molecule has 0 saturated carbocycles. The molecule has 0 bridgehead atoms. The summed E-state index contributed by atoms with van der Waals surface area (Å²) in [6.07, 6.45) is 1.01. The third kappa shape index (κ3) is 2.40. The van der Waals surface area contributed by atoms with E-state index < -0.39 is 5.97 Å². The van der Waals surface area contributed by atoms with E-state index in [1.807, 2.05) is 19.1 Å². The van der Waals surface area contributed by atoms with Crippen LogP contribution in [0.3, 0.4) is 0 Å². The summed E-state index contributed by atoms with van der Waals surface area (Å²) >= 11 is 0. The number of rotatable bonds is 3. The van der Waals surface area contributed by atoms with E-state index >= 15 is 0 Å². The van der Waals surface area contributed by atoms with Gasteiger partial charge in [0.15, 0.2) is 0 Å². The van der Waals surface area contributed by atoms with Crippen molar-refractivity contribution in [2.75, 3.05) is 20.1 Å². The molecule has 3 N–H and O–H groups in total. The molecule has 18 heavy (non-hydrogen) atoms. The molecule has 0 radical (unpaired) electrons. The molecule has 1 fully saturated rings. The maximum atomic E-state index is 11.2. The van der Waals surface area contributed by atoms with Crippen molar-refractivity contribution < 1.29 is 9.90 Å². The number of nitrogens with zero attached hydrogens (tertiary/aromatic N) is 1. The minimum absolute atomic E-state index is 0.289. The first kappa shape index (κ1) is 13.1. The van der Waals surface area contributed by atoms with Crippen molar-refractivity contribution in [1.29, 1.82) is 0 Å². The van der Waals surface area contributed by atoms with Crippen LogP contribution in [0.4, 0.5) is 0 Å². The van der Waals surface area contributed by atoms with Gasteiger partial charge in [-0.25, -0.2) is 4.79 Å². The first-order chi connectivity index (χ1) is 8.52. The summed E-state index contributed by atoms with van der Waals surface area (Å²) in [7, 11) is 2.07. The Labute approximate surface area is 107 Å². The molecule has 2 rings (SSSR count). The lowest BCUT2D eigenvalue weighted by Gasteiger charge is -2.20. The van der Waals surface area contributed by atoms with Gasteiger partial charge < -0.3 is 10.8 Å². The van der Waals surface area contributed by atoms with Crippen LogP contribution in [0, 0.1) is 12.8 Å². The highest BCUT2D eigenvalue weighted by molar-refractivity contribution is 5.89. The molecule has 2 unspecified atom stereocenters. The Morgan fingerprint density at radius 1 is 1.56 bits per heavy atom. The van der Waals surface area contributed by atoms with E-state index in [0.29, 0.717) is 18.0 Å². The minimum Gasteiger partial charge on any atom is -0.478 e. The summed E-state index contributed by atoms with van der Waals surface area (Å²) in [5, 5.41) is 9.16. The highest BCUT2D eigenvalue weighted by Crippen LogP contribution is 2.34. The number of carbonyl (C=O) groups is 1. The van der Waals surface area contributed by atoms with Gasteiger partial charge in [0.25, 0.3) is 0 Å². The molecule has 0 amide bonds. The van der Waals surface area contributed by atoms with E-state index in [9.17, 15) is 4.79 Å². The Hall–Kier alpha value is -1.39. The first-order valence-electron chi connectivity index (χ1n) is 6.27. The summed E-state index contributed by atoms with van der Waals surface area (Å²) in [6, 6.07) is 6.01. The summed E-state index contributed by atoms with van der Waals surface area (Å²) in [6.45, 7) is 3.50. The molecule has 1 aliphatic rings. The Morgan fingerprint density at radius 2 is 2.28 bits per heavy atom. The van der Waals surface area contributed by atoms with E-state index in [1.54, 1.807) is 6.07 Å². The van der Waals surface area contributed by atoms with Crippen LogP contribution in [-0.2, 0) is 0 Å². The fraction of sp³-hybridized carbons (Fsp3) is 0.500. The van der Waals surface area contributed by atoms with E-state index in [-0.39, 0.29) is 6.04 Å². The lowest BCUT2D eigenvalue weighted by Crippen LogP contribution is -2.20. The van der Waals surface area contributed by atoms with Crippen LogP contribution in [0.5, 0.6) is 0 Å².